The second kappa shape index (κ2) is 7.13. The fourth-order valence-electron chi connectivity index (χ4n) is 1.96. The zero-order chi connectivity index (χ0) is 11.3. The van der Waals surface area contributed by atoms with E-state index in [0.29, 0.717) is 12.5 Å². The normalized spacial score (nSPS) is 17.7. The van der Waals surface area contributed by atoms with E-state index in [1.807, 2.05) is 13.8 Å². The van der Waals surface area contributed by atoms with Gasteiger partial charge in [-0.05, 0) is 32.6 Å². The van der Waals surface area contributed by atoms with E-state index in [0.717, 1.165) is 6.54 Å². The first-order chi connectivity index (χ1) is 7.06. The number of rotatable bonds is 4. The van der Waals surface area contributed by atoms with Crippen molar-refractivity contribution < 1.29 is 4.79 Å². The van der Waals surface area contributed by atoms with Gasteiger partial charge in [-0.25, -0.2) is 0 Å². The molecule has 0 atom stereocenters. The third kappa shape index (κ3) is 4.71. The van der Waals surface area contributed by atoms with Gasteiger partial charge in [0, 0.05) is 13.1 Å². The molecule has 1 fully saturated rings. The van der Waals surface area contributed by atoms with Crippen LogP contribution in [0.15, 0.2) is 0 Å². The smallest absolute Gasteiger partial charge is 0.226 e. The molecule has 1 amide bonds. The molecule has 3 nitrogen and oxygen atoms in total. The van der Waals surface area contributed by atoms with Crippen LogP contribution in [0.5, 0.6) is 0 Å². The fraction of sp³-hybridized carbons (Fsp3) is 0.917. The highest BCUT2D eigenvalue weighted by Crippen LogP contribution is 2.23. The predicted molar refractivity (Wildman–Crippen MR) is 69.7 cm³/mol. The first-order valence-corrected chi connectivity index (χ1v) is 6.04. The van der Waals surface area contributed by atoms with Crippen LogP contribution in [-0.2, 0) is 4.79 Å². The third-order valence-electron chi connectivity index (χ3n) is 3.40. The summed E-state index contributed by atoms with van der Waals surface area (Å²) in [5.74, 6) is 0.784. The van der Waals surface area contributed by atoms with Crippen LogP contribution in [0.1, 0.15) is 46.0 Å². The summed E-state index contributed by atoms with van der Waals surface area (Å²) in [5, 5.41) is 3.02. The molecule has 3 N–H and O–H groups in total. The summed E-state index contributed by atoms with van der Waals surface area (Å²) in [4.78, 5) is 11.7. The van der Waals surface area contributed by atoms with Crippen molar-refractivity contribution in [2.75, 3.05) is 13.1 Å². The van der Waals surface area contributed by atoms with Crippen molar-refractivity contribution in [3.05, 3.63) is 0 Å². The lowest BCUT2D eigenvalue weighted by atomic mass is 9.88. The Kier molecular flexibility index (Phi) is 7.00. The van der Waals surface area contributed by atoms with E-state index >= 15 is 0 Å². The standard InChI is InChI=1S/C12H24N2O.ClH/c1-12(2,9-13)11(15)14-8-10-6-4-3-5-7-10;/h10H,3-9,13H2,1-2H3,(H,14,15);1H. The summed E-state index contributed by atoms with van der Waals surface area (Å²) in [5.41, 5.74) is 5.13. The van der Waals surface area contributed by atoms with Crippen LogP contribution in [0.2, 0.25) is 0 Å². The molecule has 0 unspecified atom stereocenters. The highest BCUT2D eigenvalue weighted by Gasteiger charge is 2.26. The quantitative estimate of drug-likeness (QED) is 0.801. The molecule has 0 radical (unpaired) electrons. The zero-order valence-corrected chi connectivity index (χ0v) is 11.2. The van der Waals surface area contributed by atoms with E-state index in [4.69, 9.17) is 5.73 Å². The van der Waals surface area contributed by atoms with Gasteiger partial charge in [0.2, 0.25) is 5.91 Å². The van der Waals surface area contributed by atoms with Gasteiger partial charge in [-0.3, -0.25) is 4.79 Å². The van der Waals surface area contributed by atoms with Crippen molar-refractivity contribution in [2.45, 2.75) is 46.0 Å². The number of hydrogen-bond acceptors (Lipinski definition) is 2. The maximum Gasteiger partial charge on any atom is 0.226 e. The van der Waals surface area contributed by atoms with E-state index in [1.54, 1.807) is 0 Å². The molecular formula is C12H25ClN2O. The summed E-state index contributed by atoms with van der Waals surface area (Å²) in [7, 11) is 0. The van der Waals surface area contributed by atoms with Gasteiger partial charge in [-0.15, -0.1) is 12.4 Å². The zero-order valence-electron chi connectivity index (χ0n) is 10.4. The SMILES string of the molecule is CC(C)(CN)C(=O)NCC1CCCCC1.Cl. The minimum absolute atomic E-state index is 0. The summed E-state index contributed by atoms with van der Waals surface area (Å²) in [6.45, 7) is 5.03. The topological polar surface area (TPSA) is 55.1 Å². The lowest BCUT2D eigenvalue weighted by molar-refractivity contribution is -0.129. The van der Waals surface area contributed by atoms with E-state index in [-0.39, 0.29) is 18.3 Å². The van der Waals surface area contributed by atoms with Crippen LogP contribution in [0.25, 0.3) is 0 Å². The van der Waals surface area contributed by atoms with Gasteiger partial charge >= 0.3 is 0 Å². The first kappa shape index (κ1) is 15.7. The fourth-order valence-corrected chi connectivity index (χ4v) is 1.96. The number of halogens is 1. The second-order valence-corrected chi connectivity index (χ2v) is 5.30. The lowest BCUT2D eigenvalue weighted by Gasteiger charge is -2.25. The van der Waals surface area contributed by atoms with Crippen LogP contribution in [0.4, 0.5) is 0 Å². The van der Waals surface area contributed by atoms with Crippen molar-refractivity contribution in [1.82, 2.24) is 5.32 Å². The molecule has 1 rings (SSSR count). The summed E-state index contributed by atoms with van der Waals surface area (Å²) >= 11 is 0. The molecule has 0 aromatic carbocycles. The molecule has 0 aromatic rings. The Morgan fingerprint density at radius 1 is 1.31 bits per heavy atom. The Balaban J connectivity index is 0.00000225. The number of amides is 1. The van der Waals surface area contributed by atoms with Crippen molar-refractivity contribution in [2.24, 2.45) is 17.1 Å². The highest BCUT2D eigenvalue weighted by atomic mass is 35.5. The van der Waals surface area contributed by atoms with Gasteiger partial charge in [-0.1, -0.05) is 19.3 Å². The molecule has 0 saturated heterocycles. The average Bonchev–Trinajstić information content (AvgIpc) is 2.27. The number of nitrogens with two attached hydrogens (primary N) is 1. The van der Waals surface area contributed by atoms with Crippen molar-refractivity contribution in [3.63, 3.8) is 0 Å². The van der Waals surface area contributed by atoms with Gasteiger partial charge < -0.3 is 11.1 Å². The molecule has 0 heterocycles. The largest absolute Gasteiger partial charge is 0.355 e. The first-order valence-electron chi connectivity index (χ1n) is 6.04. The van der Waals surface area contributed by atoms with E-state index < -0.39 is 5.41 Å². The number of carbonyl (C=O) groups excluding carboxylic acids is 1. The molecule has 1 aliphatic rings. The van der Waals surface area contributed by atoms with Crippen molar-refractivity contribution in [3.8, 4) is 0 Å². The number of carbonyl (C=O) groups is 1. The monoisotopic (exact) mass is 248 g/mol. The van der Waals surface area contributed by atoms with Gasteiger partial charge in [-0.2, -0.15) is 0 Å². The Bertz CT molecular complexity index is 213. The van der Waals surface area contributed by atoms with Gasteiger partial charge in [0.05, 0.1) is 5.41 Å². The lowest BCUT2D eigenvalue weighted by Crippen LogP contribution is -2.43. The van der Waals surface area contributed by atoms with E-state index in [1.165, 1.54) is 32.1 Å². The summed E-state index contributed by atoms with van der Waals surface area (Å²) in [6.07, 6.45) is 6.53. The van der Waals surface area contributed by atoms with E-state index in [9.17, 15) is 4.79 Å². The third-order valence-corrected chi connectivity index (χ3v) is 3.40. The molecular weight excluding hydrogens is 224 g/mol. The van der Waals surface area contributed by atoms with Crippen LogP contribution < -0.4 is 11.1 Å². The molecule has 0 aliphatic heterocycles. The molecule has 0 bridgehead atoms. The Hall–Kier alpha value is -0.280. The predicted octanol–water partition coefficient (Wildman–Crippen LogP) is 2.09. The minimum Gasteiger partial charge on any atom is -0.355 e. The molecule has 16 heavy (non-hydrogen) atoms. The Morgan fingerprint density at radius 2 is 1.88 bits per heavy atom. The number of nitrogens with one attached hydrogen (secondary N) is 1. The van der Waals surface area contributed by atoms with Crippen molar-refractivity contribution in [1.29, 1.82) is 0 Å². The molecule has 4 heteroatoms. The minimum atomic E-state index is -0.422. The average molecular weight is 249 g/mol. The van der Waals surface area contributed by atoms with Gasteiger partial charge in [0.1, 0.15) is 0 Å². The summed E-state index contributed by atoms with van der Waals surface area (Å²) < 4.78 is 0. The highest BCUT2D eigenvalue weighted by molar-refractivity contribution is 5.85. The van der Waals surface area contributed by atoms with Crippen LogP contribution in [0.3, 0.4) is 0 Å². The van der Waals surface area contributed by atoms with Crippen molar-refractivity contribution >= 4 is 18.3 Å². The Labute approximate surface area is 105 Å². The second-order valence-electron chi connectivity index (χ2n) is 5.30. The molecule has 1 aliphatic carbocycles. The van der Waals surface area contributed by atoms with Gasteiger partial charge in [0.15, 0.2) is 0 Å². The summed E-state index contributed by atoms with van der Waals surface area (Å²) in [6, 6.07) is 0. The Morgan fingerprint density at radius 3 is 2.38 bits per heavy atom. The van der Waals surface area contributed by atoms with E-state index in [2.05, 4.69) is 5.32 Å². The van der Waals surface area contributed by atoms with Crippen LogP contribution in [-0.4, -0.2) is 19.0 Å². The molecule has 96 valence electrons. The number of hydrogen-bond donors (Lipinski definition) is 2. The maximum atomic E-state index is 11.7. The van der Waals surface area contributed by atoms with Gasteiger partial charge in [0.25, 0.3) is 0 Å². The van der Waals surface area contributed by atoms with Crippen LogP contribution in [0, 0.1) is 11.3 Å². The maximum absolute atomic E-state index is 11.7. The molecule has 0 spiro atoms. The molecule has 1 saturated carbocycles. The van der Waals surface area contributed by atoms with Crippen LogP contribution >= 0.6 is 12.4 Å². The molecule has 0 aromatic heterocycles.